The van der Waals surface area contributed by atoms with E-state index in [1.54, 1.807) is 12.1 Å². The molecule has 34 heavy (non-hydrogen) atoms. The average Bonchev–Trinajstić information content (AvgIpc) is 2.85. The summed E-state index contributed by atoms with van der Waals surface area (Å²) in [4.78, 5) is 15.5. The highest BCUT2D eigenvalue weighted by molar-refractivity contribution is 9.10. The molecule has 0 radical (unpaired) electrons. The lowest BCUT2D eigenvalue weighted by Crippen LogP contribution is -2.51. The van der Waals surface area contributed by atoms with Crippen LogP contribution < -0.4 is 4.72 Å². The minimum Gasteiger partial charge on any atom is -0.341 e. The van der Waals surface area contributed by atoms with Crippen LogP contribution in [0.15, 0.2) is 94.3 Å². The molecular weight excluding hydrogens is 512 g/mol. The Morgan fingerprint density at radius 2 is 1.44 bits per heavy atom. The summed E-state index contributed by atoms with van der Waals surface area (Å²) in [5.74, 6) is 0.362. The van der Waals surface area contributed by atoms with E-state index in [1.165, 1.54) is 17.7 Å². The smallest absolute Gasteiger partial charge is 0.241 e. The fraction of sp³-hybridized carbons (Fsp3) is 0.296. The van der Waals surface area contributed by atoms with Gasteiger partial charge in [-0.25, -0.2) is 8.42 Å². The summed E-state index contributed by atoms with van der Waals surface area (Å²) in [5, 5.41) is 0. The van der Waals surface area contributed by atoms with Gasteiger partial charge in [0.2, 0.25) is 15.9 Å². The zero-order valence-electron chi connectivity index (χ0n) is 18.9. The van der Waals surface area contributed by atoms with Crippen molar-refractivity contribution < 1.29 is 13.2 Å². The lowest BCUT2D eigenvalue weighted by atomic mass is 9.90. The average molecular weight is 542 g/mol. The molecule has 1 aliphatic heterocycles. The van der Waals surface area contributed by atoms with Gasteiger partial charge in [0.1, 0.15) is 6.04 Å². The summed E-state index contributed by atoms with van der Waals surface area (Å²) in [6.07, 6.45) is 3.14. The number of hydrogen-bond acceptors (Lipinski definition) is 3. The molecule has 3 aromatic carbocycles. The molecule has 178 valence electrons. The van der Waals surface area contributed by atoms with Crippen molar-refractivity contribution in [1.82, 2.24) is 9.62 Å². The van der Waals surface area contributed by atoms with Crippen LogP contribution in [0.4, 0.5) is 0 Å². The van der Waals surface area contributed by atoms with E-state index in [9.17, 15) is 13.2 Å². The van der Waals surface area contributed by atoms with Crippen molar-refractivity contribution in [3.63, 3.8) is 0 Å². The van der Waals surface area contributed by atoms with Crippen LogP contribution in [0.2, 0.25) is 0 Å². The van der Waals surface area contributed by atoms with Crippen molar-refractivity contribution in [2.75, 3.05) is 13.1 Å². The third-order valence-corrected chi connectivity index (χ3v) is 8.31. The van der Waals surface area contributed by atoms with Crippen LogP contribution in [0.1, 0.15) is 24.0 Å². The molecule has 1 atom stereocenters. The Balaban J connectivity index is 1.46. The second-order valence-electron chi connectivity index (χ2n) is 8.78. The van der Waals surface area contributed by atoms with Crippen molar-refractivity contribution in [2.45, 2.75) is 36.6 Å². The number of nitrogens with one attached hydrogen (secondary N) is 1. The number of hydrogen-bond donors (Lipinski definition) is 1. The summed E-state index contributed by atoms with van der Waals surface area (Å²) < 4.78 is 29.7. The van der Waals surface area contributed by atoms with E-state index in [0.29, 0.717) is 25.4 Å². The molecule has 4 rings (SSSR count). The third kappa shape index (κ3) is 6.56. The third-order valence-electron chi connectivity index (χ3n) is 6.30. The Bertz CT molecular complexity index is 1180. The van der Waals surface area contributed by atoms with Gasteiger partial charge in [-0.1, -0.05) is 76.6 Å². The minimum atomic E-state index is -3.85. The first-order valence-electron chi connectivity index (χ1n) is 11.6. The van der Waals surface area contributed by atoms with E-state index in [1.807, 2.05) is 41.3 Å². The molecule has 3 aromatic rings. The van der Waals surface area contributed by atoms with E-state index in [4.69, 9.17) is 0 Å². The number of sulfonamides is 1. The number of carbonyl (C=O) groups excluding carboxylic acids is 1. The highest BCUT2D eigenvalue weighted by Crippen LogP contribution is 2.23. The molecule has 1 saturated heterocycles. The van der Waals surface area contributed by atoms with E-state index in [2.05, 4.69) is 44.9 Å². The van der Waals surface area contributed by atoms with Crippen molar-refractivity contribution >= 4 is 31.9 Å². The fourth-order valence-corrected chi connectivity index (χ4v) is 5.88. The largest absolute Gasteiger partial charge is 0.341 e. The van der Waals surface area contributed by atoms with E-state index in [0.717, 1.165) is 29.3 Å². The van der Waals surface area contributed by atoms with Crippen LogP contribution in [0.5, 0.6) is 0 Å². The van der Waals surface area contributed by atoms with Gasteiger partial charge in [-0.2, -0.15) is 4.72 Å². The predicted molar refractivity (Wildman–Crippen MR) is 138 cm³/mol. The van der Waals surface area contributed by atoms with Crippen molar-refractivity contribution in [2.24, 2.45) is 5.92 Å². The lowest BCUT2D eigenvalue weighted by molar-refractivity contribution is -0.134. The van der Waals surface area contributed by atoms with Crippen molar-refractivity contribution in [1.29, 1.82) is 0 Å². The molecule has 0 bridgehead atoms. The Labute approximate surface area is 210 Å². The summed E-state index contributed by atoms with van der Waals surface area (Å²) in [5.41, 5.74) is 2.23. The van der Waals surface area contributed by atoms with E-state index < -0.39 is 16.1 Å². The lowest BCUT2D eigenvalue weighted by Gasteiger charge is -2.34. The quantitative estimate of drug-likeness (QED) is 0.445. The van der Waals surface area contributed by atoms with Crippen LogP contribution in [0.25, 0.3) is 0 Å². The van der Waals surface area contributed by atoms with Gasteiger partial charge in [-0.15, -0.1) is 0 Å². The molecule has 5 nitrogen and oxygen atoms in total. The fourth-order valence-electron chi connectivity index (χ4n) is 4.42. The van der Waals surface area contributed by atoms with Gasteiger partial charge in [0.05, 0.1) is 4.90 Å². The predicted octanol–water partition coefficient (Wildman–Crippen LogP) is 4.82. The highest BCUT2D eigenvalue weighted by atomic mass is 79.9. The second kappa shape index (κ2) is 11.3. The van der Waals surface area contributed by atoms with E-state index >= 15 is 0 Å². The van der Waals surface area contributed by atoms with Gasteiger partial charge < -0.3 is 4.90 Å². The maximum absolute atomic E-state index is 13.5. The number of benzene rings is 3. The Kier molecular flexibility index (Phi) is 8.19. The molecule has 0 spiro atoms. The Morgan fingerprint density at radius 3 is 2.03 bits per heavy atom. The number of halogens is 1. The van der Waals surface area contributed by atoms with E-state index in [-0.39, 0.29) is 10.8 Å². The topological polar surface area (TPSA) is 66.5 Å². The molecular formula is C27H29BrN2O3S. The molecule has 0 saturated carbocycles. The van der Waals surface area contributed by atoms with Gasteiger partial charge in [0.25, 0.3) is 0 Å². The molecule has 0 unspecified atom stereocenters. The highest BCUT2D eigenvalue weighted by Gasteiger charge is 2.31. The van der Waals surface area contributed by atoms with Crippen LogP contribution in [-0.2, 0) is 27.7 Å². The zero-order chi connectivity index (χ0) is 24.0. The maximum Gasteiger partial charge on any atom is 0.241 e. The van der Waals surface area contributed by atoms with Gasteiger partial charge in [-0.05, 0) is 67.0 Å². The Morgan fingerprint density at radius 1 is 0.882 bits per heavy atom. The summed E-state index contributed by atoms with van der Waals surface area (Å²) in [6.45, 7) is 1.28. The molecule has 1 fully saturated rings. The van der Waals surface area contributed by atoms with Crippen LogP contribution in [-0.4, -0.2) is 38.4 Å². The Hall–Kier alpha value is -2.48. The first-order valence-corrected chi connectivity index (χ1v) is 13.8. The van der Waals surface area contributed by atoms with Crippen LogP contribution >= 0.6 is 15.9 Å². The van der Waals surface area contributed by atoms with Gasteiger partial charge in [-0.3, -0.25) is 4.79 Å². The summed E-state index contributed by atoms with van der Waals surface area (Å²) in [6, 6.07) is 25.5. The summed E-state index contributed by atoms with van der Waals surface area (Å²) in [7, 11) is -3.85. The zero-order valence-corrected chi connectivity index (χ0v) is 21.3. The molecule has 1 N–H and O–H groups in total. The molecule has 1 aliphatic rings. The number of likely N-dealkylation sites (tertiary alicyclic amines) is 1. The minimum absolute atomic E-state index is 0.142. The van der Waals surface area contributed by atoms with Crippen LogP contribution in [0, 0.1) is 5.92 Å². The van der Waals surface area contributed by atoms with Gasteiger partial charge in [0, 0.05) is 17.6 Å². The normalized spacial score (nSPS) is 15.7. The van der Waals surface area contributed by atoms with Gasteiger partial charge >= 0.3 is 0 Å². The monoisotopic (exact) mass is 540 g/mol. The molecule has 0 aliphatic carbocycles. The first-order chi connectivity index (χ1) is 16.4. The SMILES string of the molecule is O=C([C@@H](Cc1ccccc1)NS(=O)(=O)c1ccc(Br)cc1)N1CCC(Cc2ccccc2)CC1. The first kappa shape index (κ1) is 24.6. The molecule has 0 aromatic heterocycles. The number of carbonyl (C=O) groups is 1. The van der Waals surface area contributed by atoms with Crippen molar-refractivity contribution in [3.05, 3.63) is 101 Å². The molecule has 7 heteroatoms. The number of piperidine rings is 1. The second-order valence-corrected chi connectivity index (χ2v) is 11.4. The molecule has 1 amide bonds. The summed E-state index contributed by atoms with van der Waals surface area (Å²) >= 11 is 3.33. The number of nitrogens with zero attached hydrogens (tertiary/aromatic N) is 1. The number of rotatable bonds is 8. The van der Waals surface area contributed by atoms with Gasteiger partial charge in [0.15, 0.2) is 0 Å². The van der Waals surface area contributed by atoms with Crippen molar-refractivity contribution in [3.8, 4) is 0 Å². The standard InChI is InChI=1S/C27H29BrN2O3S/c28-24-11-13-25(14-12-24)34(32,33)29-26(20-22-9-5-2-6-10-22)27(31)30-17-15-23(16-18-30)19-21-7-3-1-4-8-21/h1-14,23,26,29H,15-20H2/t26-/m1/s1. The molecule has 1 heterocycles. The maximum atomic E-state index is 13.5. The van der Waals surface area contributed by atoms with Crippen LogP contribution in [0.3, 0.4) is 0 Å². The number of amides is 1.